The number of hydrogen-bond donors (Lipinski definition) is 1. The van der Waals surface area contributed by atoms with Gasteiger partial charge in [-0.1, -0.05) is 35.0 Å². The maximum absolute atomic E-state index is 13.7. The van der Waals surface area contributed by atoms with E-state index in [1.54, 1.807) is 0 Å². The molecule has 0 fully saturated rings. The minimum absolute atomic E-state index is 0.0121. The highest BCUT2D eigenvalue weighted by molar-refractivity contribution is 5.78. The first-order chi connectivity index (χ1) is 12.0. The average molecular weight is 342 g/mol. The van der Waals surface area contributed by atoms with Crippen LogP contribution in [0.2, 0.25) is 0 Å². The molecular weight excluding hydrogens is 326 g/mol. The van der Waals surface area contributed by atoms with Crippen LogP contribution in [0.15, 0.2) is 53.1 Å². The third-order valence-electron chi connectivity index (χ3n) is 3.71. The Morgan fingerprint density at radius 1 is 1.12 bits per heavy atom. The monoisotopic (exact) mass is 342 g/mol. The molecule has 3 rings (SSSR count). The van der Waals surface area contributed by atoms with Crippen LogP contribution in [-0.2, 0) is 17.8 Å². The van der Waals surface area contributed by atoms with Crippen LogP contribution in [0, 0.1) is 18.6 Å². The van der Waals surface area contributed by atoms with E-state index in [2.05, 4.69) is 10.5 Å². The van der Waals surface area contributed by atoms with Gasteiger partial charge in [-0.05, 0) is 24.6 Å². The van der Waals surface area contributed by atoms with Crippen molar-refractivity contribution in [1.29, 1.82) is 0 Å². The first kappa shape index (κ1) is 16.8. The van der Waals surface area contributed by atoms with Gasteiger partial charge in [0.1, 0.15) is 11.6 Å². The third-order valence-corrected chi connectivity index (χ3v) is 3.71. The van der Waals surface area contributed by atoms with E-state index in [0.717, 1.165) is 23.3 Å². The molecule has 0 radical (unpaired) electrons. The molecule has 3 aromatic rings. The summed E-state index contributed by atoms with van der Waals surface area (Å²) in [6.07, 6.45) is 0.0121. The first-order valence-corrected chi connectivity index (χ1v) is 7.74. The number of nitrogens with one attached hydrogen (secondary N) is 1. The second-order valence-electron chi connectivity index (χ2n) is 5.75. The molecule has 1 N–H and O–H groups in total. The number of carbonyl (C=O) groups is 1. The molecule has 25 heavy (non-hydrogen) atoms. The highest BCUT2D eigenvalue weighted by atomic mass is 19.1. The normalized spacial score (nSPS) is 10.7. The molecule has 1 heterocycles. The average Bonchev–Trinajstić information content (AvgIpc) is 3.02. The molecule has 0 aliphatic carbocycles. The molecule has 0 spiro atoms. The summed E-state index contributed by atoms with van der Waals surface area (Å²) in [6, 6.07) is 12.5. The predicted molar refractivity (Wildman–Crippen MR) is 88.6 cm³/mol. The van der Waals surface area contributed by atoms with Gasteiger partial charge in [0.2, 0.25) is 5.91 Å². The summed E-state index contributed by atoms with van der Waals surface area (Å²) in [4.78, 5) is 12.0. The Morgan fingerprint density at radius 3 is 2.60 bits per heavy atom. The zero-order valence-electron chi connectivity index (χ0n) is 13.6. The standard InChI is InChI=1S/C19H16F2N2O2/c1-12-2-4-13(5-3-12)11-22-19(24)10-15-9-18(25-23-15)16-7-6-14(20)8-17(16)21/h2-9H,10-11H2,1H3,(H,22,24). The lowest BCUT2D eigenvalue weighted by Gasteiger charge is -2.04. The smallest absolute Gasteiger partial charge is 0.226 e. The van der Waals surface area contributed by atoms with E-state index in [0.29, 0.717) is 12.2 Å². The summed E-state index contributed by atoms with van der Waals surface area (Å²) in [7, 11) is 0. The Balaban J connectivity index is 1.60. The number of aryl methyl sites for hydroxylation is 1. The summed E-state index contributed by atoms with van der Waals surface area (Å²) in [5.74, 6) is -1.48. The molecule has 0 aliphatic heterocycles. The highest BCUT2D eigenvalue weighted by Crippen LogP contribution is 2.24. The number of nitrogens with zero attached hydrogens (tertiary/aromatic N) is 1. The van der Waals surface area contributed by atoms with E-state index >= 15 is 0 Å². The molecule has 0 bridgehead atoms. The van der Waals surface area contributed by atoms with Crippen molar-refractivity contribution < 1.29 is 18.1 Å². The third kappa shape index (κ3) is 4.29. The SMILES string of the molecule is Cc1ccc(CNC(=O)Cc2cc(-c3ccc(F)cc3F)on2)cc1. The molecular formula is C19H16F2N2O2. The van der Waals surface area contributed by atoms with Gasteiger partial charge in [-0.2, -0.15) is 0 Å². The fraction of sp³-hybridized carbons (Fsp3) is 0.158. The van der Waals surface area contributed by atoms with Gasteiger partial charge in [-0.15, -0.1) is 0 Å². The van der Waals surface area contributed by atoms with Crippen LogP contribution >= 0.6 is 0 Å². The van der Waals surface area contributed by atoms with Crippen LogP contribution in [0.5, 0.6) is 0 Å². The van der Waals surface area contributed by atoms with Gasteiger partial charge in [0.15, 0.2) is 5.76 Å². The van der Waals surface area contributed by atoms with Crippen LogP contribution in [0.3, 0.4) is 0 Å². The summed E-state index contributed by atoms with van der Waals surface area (Å²) in [6.45, 7) is 2.41. The van der Waals surface area contributed by atoms with Gasteiger partial charge in [-0.3, -0.25) is 4.79 Å². The number of hydrogen-bond acceptors (Lipinski definition) is 3. The highest BCUT2D eigenvalue weighted by Gasteiger charge is 2.14. The molecule has 0 saturated carbocycles. The first-order valence-electron chi connectivity index (χ1n) is 7.74. The number of halogens is 2. The van der Waals surface area contributed by atoms with Crippen molar-refractivity contribution in [2.24, 2.45) is 0 Å². The molecule has 128 valence electrons. The molecule has 6 heteroatoms. The van der Waals surface area contributed by atoms with Gasteiger partial charge >= 0.3 is 0 Å². The summed E-state index contributed by atoms with van der Waals surface area (Å²) < 4.78 is 31.7. The molecule has 0 saturated heterocycles. The van der Waals surface area contributed by atoms with Gasteiger partial charge in [-0.25, -0.2) is 8.78 Å². The second kappa shape index (κ2) is 7.25. The Bertz CT molecular complexity index is 889. The van der Waals surface area contributed by atoms with Crippen LogP contribution in [0.1, 0.15) is 16.8 Å². The number of benzene rings is 2. The molecule has 4 nitrogen and oxygen atoms in total. The lowest BCUT2D eigenvalue weighted by molar-refractivity contribution is -0.120. The van der Waals surface area contributed by atoms with E-state index in [-0.39, 0.29) is 23.7 Å². The number of amides is 1. The molecule has 0 aliphatic rings. The van der Waals surface area contributed by atoms with Crippen molar-refractivity contribution in [3.05, 3.63) is 77.0 Å². The fourth-order valence-corrected chi connectivity index (χ4v) is 2.34. The minimum atomic E-state index is -0.744. The van der Waals surface area contributed by atoms with Crippen LogP contribution < -0.4 is 5.32 Å². The Hall–Kier alpha value is -3.02. The van der Waals surface area contributed by atoms with Crippen LogP contribution in [0.25, 0.3) is 11.3 Å². The topological polar surface area (TPSA) is 55.1 Å². The summed E-state index contributed by atoms with van der Waals surface area (Å²) in [5.41, 5.74) is 2.62. The van der Waals surface area contributed by atoms with Crippen molar-refractivity contribution >= 4 is 5.91 Å². The minimum Gasteiger partial charge on any atom is -0.356 e. The van der Waals surface area contributed by atoms with E-state index < -0.39 is 11.6 Å². The van der Waals surface area contributed by atoms with Crippen molar-refractivity contribution in [2.75, 3.05) is 0 Å². The predicted octanol–water partition coefficient (Wildman–Crippen LogP) is 3.79. The maximum Gasteiger partial charge on any atom is 0.226 e. The Labute approximate surface area is 143 Å². The maximum atomic E-state index is 13.7. The molecule has 1 aromatic heterocycles. The van der Waals surface area contributed by atoms with Gasteiger partial charge in [0, 0.05) is 18.7 Å². The van der Waals surface area contributed by atoms with Crippen molar-refractivity contribution in [3.8, 4) is 11.3 Å². The van der Waals surface area contributed by atoms with Crippen LogP contribution in [0.4, 0.5) is 8.78 Å². The van der Waals surface area contributed by atoms with E-state index in [1.807, 2.05) is 31.2 Å². The quantitative estimate of drug-likeness (QED) is 0.767. The van der Waals surface area contributed by atoms with Gasteiger partial charge in [0.05, 0.1) is 17.7 Å². The van der Waals surface area contributed by atoms with Crippen LogP contribution in [-0.4, -0.2) is 11.1 Å². The molecule has 0 unspecified atom stereocenters. The largest absolute Gasteiger partial charge is 0.356 e. The molecule has 1 amide bonds. The fourth-order valence-electron chi connectivity index (χ4n) is 2.34. The Morgan fingerprint density at radius 2 is 1.88 bits per heavy atom. The van der Waals surface area contributed by atoms with Gasteiger partial charge in [0.25, 0.3) is 0 Å². The molecule has 2 aromatic carbocycles. The van der Waals surface area contributed by atoms with E-state index in [9.17, 15) is 13.6 Å². The number of aromatic nitrogens is 1. The number of rotatable bonds is 5. The lowest BCUT2D eigenvalue weighted by Crippen LogP contribution is -2.24. The number of carbonyl (C=O) groups excluding carboxylic acids is 1. The van der Waals surface area contributed by atoms with Crippen molar-refractivity contribution in [3.63, 3.8) is 0 Å². The lowest BCUT2D eigenvalue weighted by atomic mass is 10.1. The summed E-state index contributed by atoms with van der Waals surface area (Å²) in [5, 5.41) is 6.56. The van der Waals surface area contributed by atoms with Crippen molar-refractivity contribution in [2.45, 2.75) is 19.9 Å². The second-order valence-corrected chi connectivity index (χ2v) is 5.75. The summed E-state index contributed by atoms with van der Waals surface area (Å²) >= 11 is 0. The van der Waals surface area contributed by atoms with E-state index in [1.165, 1.54) is 12.1 Å². The Kier molecular flexibility index (Phi) is 4.88. The molecule has 0 atom stereocenters. The van der Waals surface area contributed by atoms with Crippen molar-refractivity contribution in [1.82, 2.24) is 10.5 Å². The zero-order chi connectivity index (χ0) is 17.8. The van der Waals surface area contributed by atoms with Gasteiger partial charge < -0.3 is 9.84 Å². The van der Waals surface area contributed by atoms with E-state index in [4.69, 9.17) is 4.52 Å². The zero-order valence-corrected chi connectivity index (χ0v) is 13.6.